The summed E-state index contributed by atoms with van der Waals surface area (Å²) in [4.78, 5) is 24.3. The molecule has 45 heavy (non-hydrogen) atoms. The molecule has 232 valence electrons. The van der Waals surface area contributed by atoms with Gasteiger partial charge in [-0.3, -0.25) is 9.59 Å². The third-order valence-electron chi connectivity index (χ3n) is 6.35. The highest BCUT2D eigenvalue weighted by atomic mass is 16.4. The molecule has 0 aliphatic carbocycles. The zero-order valence-corrected chi connectivity index (χ0v) is 22.4. The maximum atomic E-state index is 12.1. The van der Waals surface area contributed by atoms with Crippen molar-refractivity contribution in [2.45, 2.75) is 0 Å². The Balaban J connectivity index is 0.000000200. The van der Waals surface area contributed by atoms with Crippen LogP contribution in [0.4, 0.5) is 0 Å². The van der Waals surface area contributed by atoms with Crippen LogP contribution < -0.4 is 10.9 Å². The number of hydrogen-bond acceptors (Lipinski definition) is 14. The summed E-state index contributed by atoms with van der Waals surface area (Å²) in [6.45, 7) is 0. The molecule has 0 atom stereocenters. The van der Waals surface area contributed by atoms with Crippen LogP contribution in [-0.4, -0.2) is 56.5 Å². The molecule has 0 unspecified atom stereocenters. The van der Waals surface area contributed by atoms with Gasteiger partial charge in [-0.2, -0.15) is 0 Å². The first-order valence-electron chi connectivity index (χ1n) is 12.2. The van der Waals surface area contributed by atoms with Crippen LogP contribution in [0.1, 0.15) is 0 Å². The molecule has 6 aromatic rings. The van der Waals surface area contributed by atoms with Crippen LogP contribution in [0.5, 0.6) is 57.5 Å². The monoisotopic (exact) mass is 622 g/mol. The first-order valence-corrected chi connectivity index (χ1v) is 12.2. The Bertz CT molecular complexity index is 2070. The van der Waals surface area contributed by atoms with Crippen molar-refractivity contribution < 1.29 is 65.4 Å². The van der Waals surface area contributed by atoms with Crippen LogP contribution in [0.3, 0.4) is 0 Å². The van der Waals surface area contributed by atoms with Gasteiger partial charge in [-0.25, -0.2) is 0 Å². The highest BCUT2D eigenvalue weighted by molar-refractivity contribution is 5.89. The second-order valence-electron chi connectivity index (χ2n) is 9.30. The largest absolute Gasteiger partial charge is 0.508 e. The summed E-state index contributed by atoms with van der Waals surface area (Å²) >= 11 is 0. The van der Waals surface area contributed by atoms with E-state index in [9.17, 15) is 60.7 Å². The third-order valence-corrected chi connectivity index (χ3v) is 6.35. The molecule has 2 aromatic heterocycles. The number of rotatable bonds is 2. The van der Waals surface area contributed by atoms with Crippen LogP contribution >= 0.6 is 0 Å². The predicted molar refractivity (Wildman–Crippen MR) is 156 cm³/mol. The maximum absolute atomic E-state index is 12.1. The van der Waals surface area contributed by atoms with E-state index in [1.807, 2.05) is 0 Å². The zero-order chi connectivity index (χ0) is 32.0. The van der Waals surface area contributed by atoms with Crippen molar-refractivity contribution >= 4 is 21.9 Å². The molecule has 0 saturated heterocycles. The number of phenols is 8. The number of phenolic OH excluding ortho intramolecular Hbond substituents is 8. The molecule has 0 amide bonds. The van der Waals surface area contributed by atoms with Gasteiger partial charge < -0.3 is 65.4 Å². The molecule has 0 aliphatic rings. The van der Waals surface area contributed by atoms with Crippen LogP contribution in [0.25, 0.3) is 44.6 Å². The lowest BCUT2D eigenvalue weighted by Gasteiger charge is -2.08. The maximum Gasteiger partial charge on any atom is 0.238 e. The van der Waals surface area contributed by atoms with Crippen molar-refractivity contribution in [3.63, 3.8) is 0 Å². The minimum absolute atomic E-state index is 0. The second-order valence-corrected chi connectivity index (χ2v) is 9.30. The molecular formula is C30H22O15. The molecule has 0 saturated carbocycles. The van der Waals surface area contributed by atoms with Gasteiger partial charge in [0, 0.05) is 35.4 Å². The minimum Gasteiger partial charge on any atom is -0.508 e. The lowest BCUT2D eigenvalue weighted by Crippen LogP contribution is -2.02. The Hall–Kier alpha value is -6.74. The first-order chi connectivity index (χ1) is 20.8. The number of benzene rings is 4. The Morgan fingerprint density at radius 1 is 0.422 bits per heavy atom. The molecule has 12 N–H and O–H groups in total. The predicted octanol–water partition coefficient (Wildman–Crippen LogP) is 3.15. The Morgan fingerprint density at radius 3 is 1.11 bits per heavy atom. The fraction of sp³-hybridized carbons (Fsp3) is 0. The lowest BCUT2D eigenvalue weighted by molar-refractivity contribution is 0.403. The summed E-state index contributed by atoms with van der Waals surface area (Å²) in [6.07, 6.45) is 0. The summed E-state index contributed by atoms with van der Waals surface area (Å²) < 4.78 is 10.7. The number of fused-ring (bicyclic) bond motifs is 2. The molecule has 4 aromatic carbocycles. The van der Waals surface area contributed by atoms with Gasteiger partial charge >= 0.3 is 0 Å². The zero-order valence-electron chi connectivity index (χ0n) is 22.4. The van der Waals surface area contributed by atoms with E-state index in [-0.39, 0.29) is 73.1 Å². The highest BCUT2D eigenvalue weighted by Crippen LogP contribution is 2.39. The number of hydrogen-bond donors (Lipinski definition) is 10. The minimum atomic E-state index is -0.888. The number of aromatic hydroxyl groups is 10. The average molecular weight is 622 g/mol. The fourth-order valence-corrected chi connectivity index (χ4v) is 4.27. The molecular weight excluding hydrogens is 600 g/mol. The molecule has 15 heteroatoms. The normalized spacial score (nSPS) is 10.7. The lowest BCUT2D eigenvalue weighted by atomic mass is 10.1. The summed E-state index contributed by atoms with van der Waals surface area (Å²) in [5, 5.41) is 95.3. The molecule has 15 nitrogen and oxygen atoms in total. The smallest absolute Gasteiger partial charge is 0.238 e. The van der Waals surface area contributed by atoms with Gasteiger partial charge in [-0.05, 0) is 36.4 Å². The van der Waals surface area contributed by atoms with Crippen molar-refractivity contribution in [2.24, 2.45) is 0 Å². The van der Waals surface area contributed by atoms with Crippen LogP contribution in [0, 0.1) is 0 Å². The third kappa shape index (κ3) is 5.56. The van der Waals surface area contributed by atoms with E-state index in [4.69, 9.17) is 8.83 Å². The van der Waals surface area contributed by atoms with Crippen molar-refractivity contribution in [2.75, 3.05) is 0 Å². The van der Waals surface area contributed by atoms with E-state index in [0.29, 0.717) is 0 Å². The molecule has 0 aliphatic heterocycles. The van der Waals surface area contributed by atoms with E-state index in [1.54, 1.807) is 0 Å². The van der Waals surface area contributed by atoms with Crippen molar-refractivity contribution in [3.05, 3.63) is 81.1 Å². The highest BCUT2D eigenvalue weighted by Gasteiger charge is 2.21. The molecule has 0 fully saturated rings. The van der Waals surface area contributed by atoms with Crippen molar-refractivity contribution in [1.29, 1.82) is 0 Å². The van der Waals surface area contributed by atoms with Gasteiger partial charge in [0.05, 0.1) is 0 Å². The van der Waals surface area contributed by atoms with Gasteiger partial charge in [0.15, 0.2) is 34.5 Å². The fourth-order valence-electron chi connectivity index (χ4n) is 4.27. The van der Waals surface area contributed by atoms with Crippen LogP contribution in [-0.2, 0) is 0 Å². The quantitative estimate of drug-likeness (QED) is 0.124. The van der Waals surface area contributed by atoms with E-state index in [0.717, 1.165) is 48.5 Å². The topological polar surface area (TPSA) is 294 Å². The van der Waals surface area contributed by atoms with Crippen LogP contribution in [0.2, 0.25) is 0 Å². The second kappa shape index (κ2) is 11.5. The van der Waals surface area contributed by atoms with Crippen molar-refractivity contribution in [3.8, 4) is 80.1 Å². The summed E-state index contributed by atoms with van der Waals surface area (Å²) in [5.74, 6) is -5.43. The van der Waals surface area contributed by atoms with E-state index in [2.05, 4.69) is 0 Å². The van der Waals surface area contributed by atoms with Gasteiger partial charge in [-0.1, -0.05) is 0 Å². The Labute approximate surface area is 248 Å². The Kier molecular flexibility index (Phi) is 7.98. The SMILES string of the molecule is O.O=c1c(O)c(-c2ccc(O)c(O)c2)oc2cc(O)cc(O)c12.O=c1c(O)c(-c2ccc(O)c(O)c2)oc2cc(O)cc(O)c12. The van der Waals surface area contributed by atoms with Gasteiger partial charge in [-0.15, -0.1) is 0 Å². The molecule has 0 bridgehead atoms. The van der Waals surface area contributed by atoms with E-state index >= 15 is 0 Å². The van der Waals surface area contributed by atoms with Gasteiger partial charge in [0.25, 0.3) is 0 Å². The summed E-state index contributed by atoms with van der Waals surface area (Å²) in [7, 11) is 0. The standard InChI is InChI=1S/2C15H10O7.H2O/c2*16-7-4-10(19)12-11(5-7)22-15(14(21)13(12)20)6-1-2-8(17)9(18)3-6;/h2*1-5,16-19,21H;1H2. The van der Waals surface area contributed by atoms with Crippen molar-refractivity contribution in [1.82, 2.24) is 0 Å². The van der Waals surface area contributed by atoms with E-state index in [1.165, 1.54) is 12.1 Å². The molecule has 2 heterocycles. The van der Waals surface area contributed by atoms with Crippen LogP contribution in [0.15, 0.2) is 79.1 Å². The average Bonchev–Trinajstić information content (AvgIpc) is 2.95. The van der Waals surface area contributed by atoms with Gasteiger partial charge in [0.1, 0.15) is 44.9 Å². The molecule has 6 rings (SSSR count). The molecule has 0 radical (unpaired) electrons. The molecule has 0 spiro atoms. The summed E-state index contributed by atoms with van der Waals surface area (Å²) in [6, 6.07) is 11.3. The van der Waals surface area contributed by atoms with Gasteiger partial charge in [0.2, 0.25) is 22.4 Å². The summed E-state index contributed by atoms with van der Waals surface area (Å²) in [5.41, 5.74) is -1.78. The Morgan fingerprint density at radius 2 is 0.778 bits per heavy atom. The first kappa shape index (κ1) is 31.2. The van der Waals surface area contributed by atoms with E-state index < -0.39 is 45.4 Å².